The summed E-state index contributed by atoms with van der Waals surface area (Å²) in [6.07, 6.45) is 2.50. The van der Waals surface area contributed by atoms with Crippen LogP contribution in [0.4, 0.5) is 0 Å². The summed E-state index contributed by atoms with van der Waals surface area (Å²) in [4.78, 5) is 19.0. The van der Waals surface area contributed by atoms with E-state index in [0.29, 0.717) is 37.9 Å². The van der Waals surface area contributed by atoms with Crippen molar-refractivity contribution < 1.29 is 9.53 Å². The van der Waals surface area contributed by atoms with Crippen molar-refractivity contribution in [3.63, 3.8) is 0 Å². The van der Waals surface area contributed by atoms with Gasteiger partial charge in [0, 0.05) is 13.0 Å². The van der Waals surface area contributed by atoms with Crippen molar-refractivity contribution in [1.29, 1.82) is 0 Å². The quantitative estimate of drug-likeness (QED) is 0.938. The molecule has 1 aromatic heterocycles. The summed E-state index contributed by atoms with van der Waals surface area (Å²) in [5, 5.41) is 7.00. The van der Waals surface area contributed by atoms with E-state index >= 15 is 0 Å². The van der Waals surface area contributed by atoms with E-state index in [4.69, 9.17) is 4.74 Å². The van der Waals surface area contributed by atoms with Gasteiger partial charge in [0.2, 0.25) is 5.91 Å². The van der Waals surface area contributed by atoms with Gasteiger partial charge in [-0.2, -0.15) is 5.10 Å². The molecule has 126 valence electrons. The van der Waals surface area contributed by atoms with Gasteiger partial charge in [0.15, 0.2) is 5.82 Å². The van der Waals surface area contributed by atoms with Gasteiger partial charge >= 0.3 is 0 Å². The van der Waals surface area contributed by atoms with Crippen LogP contribution in [0.15, 0.2) is 24.3 Å². The molecule has 1 aliphatic heterocycles. The van der Waals surface area contributed by atoms with E-state index in [-0.39, 0.29) is 12.0 Å². The third-order valence-electron chi connectivity index (χ3n) is 5.00. The SMILES string of the molecule is Cc1nc([C@@H]2CN(C(=O)C[C@@H]3CCc4ccccc43)CCO2)n[nH]1. The summed E-state index contributed by atoms with van der Waals surface area (Å²) in [5.41, 5.74) is 2.74. The first-order valence-corrected chi connectivity index (χ1v) is 8.57. The Morgan fingerprint density at radius 2 is 2.29 bits per heavy atom. The molecule has 0 spiro atoms. The molecule has 1 amide bonds. The fraction of sp³-hybridized carbons (Fsp3) is 0.500. The van der Waals surface area contributed by atoms with Crippen LogP contribution >= 0.6 is 0 Å². The number of carbonyl (C=O) groups is 1. The van der Waals surface area contributed by atoms with Crippen molar-refractivity contribution in [3.8, 4) is 0 Å². The second kappa shape index (κ2) is 6.36. The normalized spacial score (nSPS) is 23.3. The van der Waals surface area contributed by atoms with Crippen LogP contribution in [0.5, 0.6) is 0 Å². The highest BCUT2D eigenvalue weighted by atomic mass is 16.5. The molecule has 1 aromatic carbocycles. The number of morpholine rings is 1. The zero-order valence-corrected chi connectivity index (χ0v) is 13.9. The van der Waals surface area contributed by atoms with Gasteiger partial charge in [-0.3, -0.25) is 9.89 Å². The molecule has 0 unspecified atom stereocenters. The van der Waals surface area contributed by atoms with E-state index < -0.39 is 0 Å². The number of hydrogen-bond acceptors (Lipinski definition) is 4. The summed E-state index contributed by atoms with van der Waals surface area (Å²) in [6.45, 7) is 3.57. The number of fused-ring (bicyclic) bond motifs is 1. The number of carbonyl (C=O) groups excluding carboxylic acids is 1. The largest absolute Gasteiger partial charge is 0.366 e. The third-order valence-corrected chi connectivity index (χ3v) is 5.00. The number of hydrogen-bond donors (Lipinski definition) is 1. The lowest BCUT2D eigenvalue weighted by molar-refractivity contribution is -0.139. The van der Waals surface area contributed by atoms with Crippen molar-refractivity contribution in [2.45, 2.75) is 38.2 Å². The number of amides is 1. The molecule has 24 heavy (non-hydrogen) atoms. The maximum atomic E-state index is 12.8. The highest BCUT2D eigenvalue weighted by Crippen LogP contribution is 2.35. The summed E-state index contributed by atoms with van der Waals surface area (Å²) in [6, 6.07) is 8.49. The second-order valence-corrected chi connectivity index (χ2v) is 6.62. The molecule has 0 radical (unpaired) electrons. The van der Waals surface area contributed by atoms with Gasteiger partial charge in [0.05, 0.1) is 13.2 Å². The van der Waals surface area contributed by atoms with Crippen LogP contribution in [-0.4, -0.2) is 45.7 Å². The highest BCUT2D eigenvalue weighted by molar-refractivity contribution is 5.77. The molecule has 0 saturated carbocycles. The molecule has 1 N–H and O–H groups in total. The van der Waals surface area contributed by atoms with E-state index in [1.165, 1.54) is 11.1 Å². The van der Waals surface area contributed by atoms with Gasteiger partial charge in [-0.25, -0.2) is 4.98 Å². The lowest BCUT2D eigenvalue weighted by Crippen LogP contribution is -2.42. The zero-order valence-electron chi connectivity index (χ0n) is 13.9. The molecule has 2 aliphatic rings. The van der Waals surface area contributed by atoms with E-state index in [1.807, 2.05) is 11.8 Å². The van der Waals surface area contributed by atoms with E-state index in [0.717, 1.165) is 18.7 Å². The van der Waals surface area contributed by atoms with Crippen molar-refractivity contribution in [2.75, 3.05) is 19.7 Å². The molecule has 1 fully saturated rings. The Morgan fingerprint density at radius 3 is 3.12 bits per heavy atom. The summed E-state index contributed by atoms with van der Waals surface area (Å²) in [7, 11) is 0. The Morgan fingerprint density at radius 1 is 1.42 bits per heavy atom. The fourth-order valence-electron chi connectivity index (χ4n) is 3.73. The number of benzene rings is 1. The van der Waals surface area contributed by atoms with Crippen LogP contribution in [-0.2, 0) is 16.0 Å². The minimum atomic E-state index is -0.233. The molecule has 2 aromatic rings. The van der Waals surface area contributed by atoms with Crippen molar-refractivity contribution in [1.82, 2.24) is 20.1 Å². The molecule has 0 bridgehead atoms. The van der Waals surface area contributed by atoms with Gasteiger partial charge in [0.1, 0.15) is 11.9 Å². The van der Waals surface area contributed by atoms with Gasteiger partial charge in [-0.1, -0.05) is 24.3 Å². The monoisotopic (exact) mass is 326 g/mol. The molecule has 2 heterocycles. The number of aromatic amines is 1. The molecular weight excluding hydrogens is 304 g/mol. The molecule has 6 nitrogen and oxygen atoms in total. The van der Waals surface area contributed by atoms with E-state index in [9.17, 15) is 4.79 Å². The number of nitrogens with zero attached hydrogens (tertiary/aromatic N) is 3. The summed E-state index contributed by atoms with van der Waals surface area (Å²) in [5.74, 6) is 1.95. The fourth-order valence-corrected chi connectivity index (χ4v) is 3.73. The van der Waals surface area contributed by atoms with Gasteiger partial charge in [-0.15, -0.1) is 0 Å². The molecule has 1 aliphatic carbocycles. The van der Waals surface area contributed by atoms with E-state index in [1.54, 1.807) is 0 Å². The van der Waals surface area contributed by atoms with Crippen LogP contribution in [0.1, 0.15) is 47.6 Å². The smallest absolute Gasteiger partial charge is 0.223 e. The first-order chi connectivity index (χ1) is 11.7. The number of aromatic nitrogens is 3. The maximum Gasteiger partial charge on any atom is 0.223 e. The van der Waals surface area contributed by atoms with Crippen LogP contribution in [0, 0.1) is 6.92 Å². The average Bonchev–Trinajstić information content (AvgIpc) is 3.22. The highest BCUT2D eigenvalue weighted by Gasteiger charge is 2.31. The van der Waals surface area contributed by atoms with Gasteiger partial charge in [0.25, 0.3) is 0 Å². The van der Waals surface area contributed by atoms with Crippen LogP contribution in [0.25, 0.3) is 0 Å². The molecular formula is C18H22N4O2. The lowest BCUT2D eigenvalue weighted by Gasteiger charge is -2.32. The van der Waals surface area contributed by atoms with Crippen LogP contribution in [0.3, 0.4) is 0 Å². The maximum absolute atomic E-state index is 12.8. The Hall–Kier alpha value is -2.21. The predicted octanol–water partition coefficient (Wildman–Crippen LogP) is 2.13. The molecule has 2 atom stereocenters. The Kier molecular flexibility index (Phi) is 4.06. The minimum Gasteiger partial charge on any atom is -0.366 e. The zero-order chi connectivity index (χ0) is 16.5. The number of rotatable bonds is 3. The number of nitrogens with one attached hydrogen (secondary N) is 1. The van der Waals surface area contributed by atoms with Crippen molar-refractivity contribution >= 4 is 5.91 Å². The van der Waals surface area contributed by atoms with E-state index in [2.05, 4.69) is 39.4 Å². The Labute approximate surface area is 141 Å². The number of H-pyrrole nitrogens is 1. The minimum absolute atomic E-state index is 0.206. The first kappa shape index (κ1) is 15.3. The molecule has 1 saturated heterocycles. The van der Waals surface area contributed by atoms with Crippen LogP contribution in [0.2, 0.25) is 0 Å². The van der Waals surface area contributed by atoms with Crippen molar-refractivity contribution in [3.05, 3.63) is 47.0 Å². The van der Waals surface area contributed by atoms with Gasteiger partial charge < -0.3 is 9.64 Å². The molecule has 4 rings (SSSR count). The van der Waals surface area contributed by atoms with Crippen molar-refractivity contribution in [2.24, 2.45) is 0 Å². The lowest BCUT2D eigenvalue weighted by atomic mass is 9.97. The standard InChI is InChI=1S/C18H22N4O2/c1-12-19-18(21-20-12)16-11-22(8-9-24-16)17(23)10-14-7-6-13-4-2-3-5-15(13)14/h2-5,14,16H,6-11H2,1H3,(H,19,20,21)/t14-,16-/m0/s1. The second-order valence-electron chi connectivity index (χ2n) is 6.62. The third kappa shape index (κ3) is 2.94. The predicted molar refractivity (Wildman–Crippen MR) is 88.5 cm³/mol. The Bertz CT molecular complexity index is 742. The summed E-state index contributed by atoms with van der Waals surface area (Å²) >= 11 is 0. The summed E-state index contributed by atoms with van der Waals surface area (Å²) < 4.78 is 5.75. The number of aryl methyl sites for hydroxylation is 2. The van der Waals surface area contributed by atoms with Crippen LogP contribution < -0.4 is 0 Å². The molecule has 6 heteroatoms. The number of ether oxygens (including phenoxy) is 1. The Balaban J connectivity index is 1.41. The topological polar surface area (TPSA) is 71.1 Å². The average molecular weight is 326 g/mol. The van der Waals surface area contributed by atoms with Gasteiger partial charge in [-0.05, 0) is 36.8 Å². The first-order valence-electron chi connectivity index (χ1n) is 8.57.